The molecule has 0 aliphatic carbocycles. The topological polar surface area (TPSA) is 64.7 Å². The molecule has 2 aromatic carbocycles. The number of carbonyl (C=O) groups is 2. The van der Waals surface area contributed by atoms with E-state index in [9.17, 15) is 9.59 Å². The van der Waals surface area contributed by atoms with E-state index in [4.69, 9.17) is 47.0 Å². The van der Waals surface area contributed by atoms with Gasteiger partial charge in [0, 0.05) is 37.1 Å². The van der Waals surface area contributed by atoms with Gasteiger partial charge in [-0.15, -0.1) is 0 Å². The fourth-order valence-corrected chi connectivity index (χ4v) is 4.44. The van der Waals surface area contributed by atoms with E-state index in [0.717, 1.165) is 5.69 Å². The third kappa shape index (κ3) is 5.84. The highest BCUT2D eigenvalue weighted by Gasteiger charge is 2.25. The van der Waals surface area contributed by atoms with Gasteiger partial charge in [0.05, 0.1) is 27.0 Å². The molecule has 0 unspecified atom stereocenters. The lowest BCUT2D eigenvalue weighted by Crippen LogP contribution is -2.50. The van der Waals surface area contributed by atoms with Gasteiger partial charge in [0.1, 0.15) is 0 Å². The second-order valence-corrected chi connectivity index (χ2v) is 9.29. The van der Waals surface area contributed by atoms with E-state index in [0.29, 0.717) is 41.9 Å². The van der Waals surface area contributed by atoms with Crippen molar-refractivity contribution in [3.63, 3.8) is 0 Å². The van der Waals surface area contributed by atoms with Gasteiger partial charge in [-0.05, 0) is 42.5 Å². The number of nitrogens with zero attached hydrogens (tertiary/aromatic N) is 2. The molecule has 170 valence electrons. The lowest BCUT2D eigenvalue weighted by atomic mass is 10.1. The molecule has 32 heavy (non-hydrogen) atoms. The lowest BCUT2D eigenvalue weighted by molar-refractivity contribution is -0.134. The molecular weight excluding hydrogens is 491 g/mol. The highest BCUT2D eigenvalue weighted by Crippen LogP contribution is 2.34. The first-order valence-electron chi connectivity index (χ1n) is 10.1. The summed E-state index contributed by atoms with van der Waals surface area (Å²) < 4.78 is 0. The summed E-state index contributed by atoms with van der Waals surface area (Å²) in [4.78, 5) is 28.8. The maximum Gasteiger partial charge on any atom is 0.258 e. The standard InChI is InChI=1S/C22H23Cl3N4O2S/c1-13(2)21(31)29-10-8-28(9-11-29)19-16(24)4-3-5-18(19)26-22(32)27-20(30)15-7-6-14(23)12-17(15)25/h3-7,12-13H,8-11H2,1-2H3,(H2,26,27,30,32). The van der Waals surface area contributed by atoms with Crippen LogP contribution in [0.2, 0.25) is 15.1 Å². The Morgan fingerprint density at radius 2 is 1.69 bits per heavy atom. The Morgan fingerprint density at radius 3 is 2.31 bits per heavy atom. The molecule has 1 heterocycles. The third-order valence-electron chi connectivity index (χ3n) is 5.04. The van der Waals surface area contributed by atoms with Gasteiger partial charge in [-0.1, -0.05) is 54.7 Å². The molecule has 0 saturated carbocycles. The van der Waals surface area contributed by atoms with Crippen LogP contribution in [0.1, 0.15) is 24.2 Å². The molecule has 0 bridgehead atoms. The minimum atomic E-state index is -0.450. The summed E-state index contributed by atoms with van der Waals surface area (Å²) in [5.74, 6) is -0.338. The summed E-state index contributed by atoms with van der Waals surface area (Å²) >= 11 is 23.8. The fraction of sp³-hybridized carbons (Fsp3) is 0.318. The average molecular weight is 514 g/mol. The molecule has 10 heteroatoms. The van der Waals surface area contributed by atoms with E-state index in [1.807, 2.05) is 24.8 Å². The van der Waals surface area contributed by atoms with Gasteiger partial charge in [0.2, 0.25) is 5.91 Å². The van der Waals surface area contributed by atoms with E-state index in [-0.39, 0.29) is 27.5 Å². The average Bonchev–Trinajstić information content (AvgIpc) is 2.73. The molecule has 0 spiro atoms. The molecule has 1 fully saturated rings. The Bertz CT molecular complexity index is 1040. The Labute approximate surface area is 207 Å². The molecule has 1 aliphatic heterocycles. The van der Waals surface area contributed by atoms with Crippen molar-refractivity contribution in [3.05, 3.63) is 57.0 Å². The summed E-state index contributed by atoms with van der Waals surface area (Å²) in [6, 6.07) is 10.0. The summed E-state index contributed by atoms with van der Waals surface area (Å²) in [5, 5.41) is 7.01. The van der Waals surface area contributed by atoms with Crippen LogP contribution >= 0.6 is 47.0 Å². The summed E-state index contributed by atoms with van der Waals surface area (Å²) in [5.41, 5.74) is 1.69. The van der Waals surface area contributed by atoms with Gasteiger partial charge < -0.3 is 15.1 Å². The number of rotatable bonds is 4. The molecule has 2 N–H and O–H groups in total. The van der Waals surface area contributed by atoms with Crippen LogP contribution in [-0.4, -0.2) is 48.0 Å². The molecule has 0 radical (unpaired) electrons. The van der Waals surface area contributed by atoms with Gasteiger partial charge in [-0.2, -0.15) is 0 Å². The number of hydrogen-bond donors (Lipinski definition) is 2. The fourth-order valence-electron chi connectivity index (χ4n) is 3.45. The number of para-hydroxylation sites is 1. The zero-order valence-corrected chi connectivity index (χ0v) is 20.7. The quantitative estimate of drug-likeness (QED) is 0.558. The van der Waals surface area contributed by atoms with Crippen molar-refractivity contribution in [3.8, 4) is 0 Å². The number of amides is 2. The molecule has 0 aromatic heterocycles. The molecule has 3 rings (SSSR count). The van der Waals surface area contributed by atoms with E-state index < -0.39 is 5.91 Å². The van der Waals surface area contributed by atoms with Crippen LogP contribution in [0.15, 0.2) is 36.4 Å². The zero-order valence-electron chi connectivity index (χ0n) is 17.6. The van der Waals surface area contributed by atoms with Crippen molar-refractivity contribution in [1.29, 1.82) is 0 Å². The number of halogens is 3. The minimum absolute atomic E-state index is 0.0331. The smallest absolute Gasteiger partial charge is 0.258 e. The third-order valence-corrected chi connectivity index (χ3v) is 6.10. The number of nitrogens with one attached hydrogen (secondary N) is 2. The number of hydrogen-bond acceptors (Lipinski definition) is 4. The monoisotopic (exact) mass is 512 g/mol. The first-order valence-corrected chi connectivity index (χ1v) is 11.6. The SMILES string of the molecule is CC(C)C(=O)N1CCN(c2c(Cl)cccc2NC(=S)NC(=O)c2ccc(Cl)cc2Cl)CC1. The number of anilines is 2. The second kappa shape index (κ2) is 10.7. The highest BCUT2D eigenvalue weighted by atomic mass is 35.5. The van der Waals surface area contributed by atoms with Gasteiger partial charge >= 0.3 is 0 Å². The molecule has 6 nitrogen and oxygen atoms in total. The first-order chi connectivity index (χ1) is 15.2. The molecule has 2 amide bonds. The molecular formula is C22H23Cl3N4O2S. The summed E-state index contributed by atoms with van der Waals surface area (Å²) in [7, 11) is 0. The normalized spacial score (nSPS) is 13.8. The highest BCUT2D eigenvalue weighted by molar-refractivity contribution is 7.80. The van der Waals surface area contributed by atoms with Gasteiger partial charge in [-0.3, -0.25) is 14.9 Å². The Hall–Kier alpha value is -2.06. The maximum absolute atomic E-state index is 12.5. The van der Waals surface area contributed by atoms with Crippen LogP contribution in [0.4, 0.5) is 11.4 Å². The van der Waals surface area contributed by atoms with Crippen molar-refractivity contribution >= 4 is 75.3 Å². The molecule has 1 saturated heterocycles. The van der Waals surface area contributed by atoms with Crippen LogP contribution in [0.5, 0.6) is 0 Å². The van der Waals surface area contributed by atoms with Gasteiger partial charge in [0.15, 0.2) is 5.11 Å². The predicted molar refractivity (Wildman–Crippen MR) is 135 cm³/mol. The largest absolute Gasteiger partial charge is 0.365 e. The Kier molecular flexibility index (Phi) is 8.22. The van der Waals surface area contributed by atoms with E-state index in [2.05, 4.69) is 15.5 Å². The zero-order chi connectivity index (χ0) is 23.4. The Balaban J connectivity index is 1.70. The van der Waals surface area contributed by atoms with Crippen molar-refractivity contribution < 1.29 is 9.59 Å². The van der Waals surface area contributed by atoms with Crippen molar-refractivity contribution in [2.45, 2.75) is 13.8 Å². The van der Waals surface area contributed by atoms with E-state index in [1.165, 1.54) is 12.1 Å². The van der Waals surface area contributed by atoms with Crippen LogP contribution in [0, 0.1) is 5.92 Å². The van der Waals surface area contributed by atoms with Crippen molar-refractivity contribution in [1.82, 2.24) is 10.2 Å². The molecule has 2 aromatic rings. The lowest BCUT2D eigenvalue weighted by Gasteiger charge is -2.38. The first kappa shape index (κ1) is 24.6. The van der Waals surface area contributed by atoms with Gasteiger partial charge in [-0.25, -0.2) is 0 Å². The molecule has 0 atom stereocenters. The van der Waals surface area contributed by atoms with Crippen LogP contribution in [-0.2, 0) is 4.79 Å². The van der Waals surface area contributed by atoms with E-state index >= 15 is 0 Å². The summed E-state index contributed by atoms with van der Waals surface area (Å²) in [6.07, 6.45) is 0. The second-order valence-electron chi connectivity index (χ2n) is 7.64. The van der Waals surface area contributed by atoms with Crippen LogP contribution < -0.4 is 15.5 Å². The minimum Gasteiger partial charge on any atom is -0.365 e. The van der Waals surface area contributed by atoms with Crippen LogP contribution in [0.25, 0.3) is 0 Å². The van der Waals surface area contributed by atoms with Crippen molar-refractivity contribution in [2.24, 2.45) is 5.92 Å². The number of benzene rings is 2. The van der Waals surface area contributed by atoms with Crippen molar-refractivity contribution in [2.75, 3.05) is 36.4 Å². The van der Waals surface area contributed by atoms with Crippen LogP contribution in [0.3, 0.4) is 0 Å². The number of piperazine rings is 1. The molecule has 1 aliphatic rings. The number of carbonyl (C=O) groups excluding carboxylic acids is 2. The number of thiocarbonyl (C=S) groups is 1. The summed E-state index contributed by atoms with van der Waals surface area (Å²) in [6.45, 7) is 6.29. The predicted octanol–water partition coefficient (Wildman–Crippen LogP) is 5.08. The van der Waals surface area contributed by atoms with E-state index in [1.54, 1.807) is 18.2 Å². The Morgan fingerprint density at radius 1 is 1.00 bits per heavy atom. The maximum atomic E-state index is 12.5. The van der Waals surface area contributed by atoms with Gasteiger partial charge in [0.25, 0.3) is 5.91 Å².